The van der Waals surface area contributed by atoms with Gasteiger partial charge in [-0.05, 0) is 42.2 Å². The van der Waals surface area contributed by atoms with Gasteiger partial charge >= 0.3 is 0 Å². The third kappa shape index (κ3) is 4.48. The second kappa shape index (κ2) is 6.97. The van der Waals surface area contributed by atoms with Gasteiger partial charge < -0.3 is 11.1 Å². The molecule has 0 radical (unpaired) electrons. The van der Waals surface area contributed by atoms with Crippen LogP contribution in [0.2, 0.25) is 0 Å². The average molecular weight is 288 g/mol. The van der Waals surface area contributed by atoms with Crippen molar-refractivity contribution in [1.29, 1.82) is 0 Å². The van der Waals surface area contributed by atoms with Crippen molar-refractivity contribution < 1.29 is 4.79 Å². The van der Waals surface area contributed by atoms with Gasteiger partial charge in [-0.15, -0.1) is 0 Å². The van der Waals surface area contributed by atoms with Crippen molar-refractivity contribution >= 4 is 11.6 Å². The number of para-hydroxylation sites is 1. The molecule has 0 aromatic heterocycles. The lowest BCUT2D eigenvalue weighted by Gasteiger charge is -2.31. The molecular weight excluding hydrogens is 260 g/mol. The van der Waals surface area contributed by atoms with Gasteiger partial charge in [0, 0.05) is 12.2 Å². The number of carbonyl (C=O) groups excluding carboxylic acids is 1. The van der Waals surface area contributed by atoms with Crippen molar-refractivity contribution in [3.05, 3.63) is 29.8 Å². The number of amides is 1. The molecular formula is C18H28N2O. The second-order valence-corrected chi connectivity index (χ2v) is 6.96. The Balaban J connectivity index is 1.89. The van der Waals surface area contributed by atoms with E-state index >= 15 is 0 Å². The van der Waals surface area contributed by atoms with Gasteiger partial charge in [-0.2, -0.15) is 0 Å². The first-order valence-corrected chi connectivity index (χ1v) is 8.11. The zero-order valence-electron chi connectivity index (χ0n) is 13.3. The minimum Gasteiger partial charge on any atom is -0.398 e. The predicted molar refractivity (Wildman–Crippen MR) is 87.9 cm³/mol. The van der Waals surface area contributed by atoms with Gasteiger partial charge in [0.2, 0.25) is 5.91 Å². The fourth-order valence-electron chi connectivity index (χ4n) is 3.66. The monoisotopic (exact) mass is 288 g/mol. The summed E-state index contributed by atoms with van der Waals surface area (Å²) in [6.07, 6.45) is 6.69. The molecule has 0 atom stereocenters. The third-order valence-corrected chi connectivity index (χ3v) is 4.57. The van der Waals surface area contributed by atoms with Gasteiger partial charge in [0.15, 0.2) is 0 Å². The SMILES string of the molecule is CC(C)CC1(CNC(=O)Cc2ccccc2N)CCCC1. The first-order valence-electron chi connectivity index (χ1n) is 8.11. The number of benzene rings is 1. The van der Waals surface area contributed by atoms with E-state index in [0.29, 0.717) is 23.4 Å². The molecule has 3 heteroatoms. The molecule has 116 valence electrons. The fourth-order valence-corrected chi connectivity index (χ4v) is 3.66. The molecule has 3 N–H and O–H groups in total. The summed E-state index contributed by atoms with van der Waals surface area (Å²) in [6, 6.07) is 7.59. The largest absolute Gasteiger partial charge is 0.398 e. The lowest BCUT2D eigenvalue weighted by molar-refractivity contribution is -0.121. The van der Waals surface area contributed by atoms with Crippen molar-refractivity contribution in [3.8, 4) is 0 Å². The van der Waals surface area contributed by atoms with Crippen molar-refractivity contribution in [3.63, 3.8) is 0 Å². The number of anilines is 1. The van der Waals surface area contributed by atoms with E-state index in [-0.39, 0.29) is 5.91 Å². The van der Waals surface area contributed by atoms with E-state index in [0.717, 1.165) is 12.1 Å². The number of nitrogens with one attached hydrogen (secondary N) is 1. The maximum absolute atomic E-state index is 12.2. The van der Waals surface area contributed by atoms with E-state index in [1.807, 2.05) is 24.3 Å². The molecule has 3 nitrogen and oxygen atoms in total. The molecule has 0 heterocycles. The van der Waals surface area contributed by atoms with E-state index < -0.39 is 0 Å². The minimum atomic E-state index is 0.0860. The normalized spacial score (nSPS) is 17.1. The molecule has 0 unspecified atom stereocenters. The molecule has 0 saturated heterocycles. The van der Waals surface area contributed by atoms with Crippen LogP contribution in [-0.2, 0) is 11.2 Å². The predicted octanol–water partition coefficient (Wildman–Crippen LogP) is 3.53. The van der Waals surface area contributed by atoms with Crippen LogP contribution in [0, 0.1) is 11.3 Å². The molecule has 1 aromatic rings. The van der Waals surface area contributed by atoms with E-state index in [9.17, 15) is 4.79 Å². The van der Waals surface area contributed by atoms with Crippen LogP contribution in [0.25, 0.3) is 0 Å². The lowest BCUT2D eigenvalue weighted by atomic mass is 9.78. The second-order valence-electron chi connectivity index (χ2n) is 6.96. The van der Waals surface area contributed by atoms with E-state index in [1.165, 1.54) is 32.1 Å². The van der Waals surface area contributed by atoms with E-state index in [4.69, 9.17) is 5.73 Å². The molecule has 0 aliphatic heterocycles. The maximum Gasteiger partial charge on any atom is 0.224 e. The summed E-state index contributed by atoms with van der Waals surface area (Å²) < 4.78 is 0. The minimum absolute atomic E-state index is 0.0860. The van der Waals surface area contributed by atoms with E-state index in [2.05, 4.69) is 19.2 Å². The summed E-state index contributed by atoms with van der Waals surface area (Å²) in [5, 5.41) is 3.15. The Labute approximate surface area is 128 Å². The highest BCUT2D eigenvalue weighted by Gasteiger charge is 2.34. The Morgan fingerprint density at radius 3 is 2.57 bits per heavy atom. The van der Waals surface area contributed by atoms with Gasteiger partial charge in [-0.25, -0.2) is 0 Å². The van der Waals surface area contributed by atoms with Gasteiger partial charge in [0.05, 0.1) is 6.42 Å². The Morgan fingerprint density at radius 2 is 1.95 bits per heavy atom. The van der Waals surface area contributed by atoms with Gasteiger partial charge in [-0.3, -0.25) is 4.79 Å². The molecule has 1 aromatic carbocycles. The van der Waals surface area contributed by atoms with Crippen LogP contribution in [-0.4, -0.2) is 12.5 Å². The van der Waals surface area contributed by atoms with Gasteiger partial charge in [0.1, 0.15) is 0 Å². The van der Waals surface area contributed by atoms with Gasteiger partial charge in [0.25, 0.3) is 0 Å². The smallest absolute Gasteiger partial charge is 0.224 e. The first-order chi connectivity index (χ1) is 10.0. The highest BCUT2D eigenvalue weighted by molar-refractivity contribution is 5.80. The Bertz CT molecular complexity index is 476. The standard InChI is InChI=1S/C18H28N2O/c1-14(2)12-18(9-5-6-10-18)13-20-17(21)11-15-7-3-4-8-16(15)19/h3-4,7-8,14H,5-6,9-13,19H2,1-2H3,(H,20,21). The van der Waals surface area contributed by atoms with Crippen LogP contribution < -0.4 is 11.1 Å². The van der Waals surface area contributed by atoms with Crippen LogP contribution in [0.5, 0.6) is 0 Å². The molecule has 1 saturated carbocycles. The number of hydrogen-bond donors (Lipinski definition) is 2. The number of hydrogen-bond acceptors (Lipinski definition) is 2. The highest BCUT2D eigenvalue weighted by atomic mass is 16.1. The van der Waals surface area contributed by atoms with E-state index in [1.54, 1.807) is 0 Å². The van der Waals surface area contributed by atoms with Crippen molar-refractivity contribution in [2.45, 2.75) is 52.4 Å². The molecule has 1 aliphatic carbocycles. The lowest BCUT2D eigenvalue weighted by Crippen LogP contribution is -2.37. The summed E-state index contributed by atoms with van der Waals surface area (Å²) in [4.78, 5) is 12.2. The summed E-state index contributed by atoms with van der Waals surface area (Å²) in [6.45, 7) is 5.36. The highest BCUT2D eigenvalue weighted by Crippen LogP contribution is 2.42. The topological polar surface area (TPSA) is 55.1 Å². The number of nitrogens with two attached hydrogens (primary N) is 1. The summed E-state index contributed by atoms with van der Waals surface area (Å²) in [7, 11) is 0. The first kappa shape index (κ1) is 15.9. The molecule has 1 fully saturated rings. The molecule has 0 bridgehead atoms. The molecule has 2 rings (SSSR count). The number of carbonyl (C=O) groups is 1. The Morgan fingerprint density at radius 1 is 1.29 bits per heavy atom. The van der Waals surface area contributed by atoms with Crippen molar-refractivity contribution in [2.75, 3.05) is 12.3 Å². The molecule has 0 spiro atoms. The molecule has 1 aliphatic rings. The third-order valence-electron chi connectivity index (χ3n) is 4.57. The van der Waals surface area contributed by atoms with Crippen LogP contribution in [0.15, 0.2) is 24.3 Å². The van der Waals surface area contributed by atoms with Crippen LogP contribution in [0.3, 0.4) is 0 Å². The molecule has 1 amide bonds. The summed E-state index contributed by atoms with van der Waals surface area (Å²) >= 11 is 0. The van der Waals surface area contributed by atoms with Gasteiger partial charge in [-0.1, -0.05) is 44.9 Å². The quantitative estimate of drug-likeness (QED) is 0.787. The Kier molecular flexibility index (Phi) is 5.27. The summed E-state index contributed by atoms with van der Waals surface area (Å²) in [5.41, 5.74) is 7.84. The average Bonchev–Trinajstić information content (AvgIpc) is 2.87. The van der Waals surface area contributed by atoms with Crippen LogP contribution in [0.4, 0.5) is 5.69 Å². The van der Waals surface area contributed by atoms with Crippen LogP contribution in [0.1, 0.15) is 51.5 Å². The number of nitrogen functional groups attached to an aromatic ring is 1. The zero-order valence-corrected chi connectivity index (χ0v) is 13.3. The Hall–Kier alpha value is -1.51. The van der Waals surface area contributed by atoms with Crippen molar-refractivity contribution in [1.82, 2.24) is 5.32 Å². The van der Waals surface area contributed by atoms with Crippen molar-refractivity contribution in [2.24, 2.45) is 11.3 Å². The summed E-state index contributed by atoms with van der Waals surface area (Å²) in [5.74, 6) is 0.771. The fraction of sp³-hybridized carbons (Fsp3) is 0.611. The maximum atomic E-state index is 12.2. The number of rotatable bonds is 6. The zero-order chi connectivity index (χ0) is 15.3. The molecule has 21 heavy (non-hydrogen) atoms. The van der Waals surface area contributed by atoms with Crippen LogP contribution >= 0.6 is 0 Å².